The van der Waals surface area contributed by atoms with Gasteiger partial charge in [-0.05, 0) is 0 Å². The minimum absolute atomic E-state index is 1.52. The van der Waals surface area contributed by atoms with Crippen molar-refractivity contribution in [2.24, 2.45) is 0 Å². The van der Waals surface area contributed by atoms with E-state index in [-0.39, 0.29) is 0 Å². The zero-order chi connectivity index (χ0) is 10.2. The van der Waals surface area contributed by atoms with Crippen molar-refractivity contribution in [2.75, 3.05) is 0 Å². The van der Waals surface area contributed by atoms with E-state index in [4.69, 9.17) is 25.5 Å². The average molecular weight is 194 g/mol. The molecule has 1 heterocycles. The first-order valence-electron chi connectivity index (χ1n) is 3.55. The highest BCUT2D eigenvalue weighted by molar-refractivity contribution is 5.73. The summed E-state index contributed by atoms with van der Waals surface area (Å²) in [6.07, 6.45) is -8.72. The molecule has 76 valence electrons. The minimum atomic E-state index is -1.81. The van der Waals surface area contributed by atoms with E-state index >= 15 is 0 Å². The van der Waals surface area contributed by atoms with Crippen LogP contribution in [0.1, 0.15) is 0 Å². The molecule has 0 aromatic heterocycles. The van der Waals surface area contributed by atoms with Crippen LogP contribution in [0.2, 0.25) is 0 Å². The van der Waals surface area contributed by atoms with Crippen molar-refractivity contribution >= 4 is 5.97 Å². The van der Waals surface area contributed by atoms with Crippen LogP contribution in [0, 0.1) is 0 Å². The number of carboxylic acid groups (broad SMARTS) is 1. The third kappa shape index (κ3) is 1.79. The number of aliphatic hydroxyl groups is 4. The molecule has 0 aromatic rings. The van der Waals surface area contributed by atoms with Crippen molar-refractivity contribution in [3.63, 3.8) is 0 Å². The summed E-state index contributed by atoms with van der Waals surface area (Å²) in [5.41, 5.74) is 0. The first-order chi connectivity index (χ1) is 5.95. The zero-order valence-electron chi connectivity index (χ0n) is 6.44. The maximum absolute atomic E-state index is 10.4. The van der Waals surface area contributed by atoms with Gasteiger partial charge in [-0.25, -0.2) is 4.79 Å². The lowest BCUT2D eigenvalue weighted by Crippen LogP contribution is -2.59. The van der Waals surface area contributed by atoms with Gasteiger partial charge in [0.2, 0.25) is 0 Å². The normalized spacial score (nSPS) is 46.0. The van der Waals surface area contributed by atoms with Crippen LogP contribution in [0.15, 0.2) is 0 Å². The Morgan fingerprint density at radius 1 is 1.00 bits per heavy atom. The van der Waals surface area contributed by atoms with Crippen LogP contribution >= 0.6 is 0 Å². The summed E-state index contributed by atoms with van der Waals surface area (Å²) in [4.78, 5) is 10.4. The molecule has 1 fully saturated rings. The van der Waals surface area contributed by atoms with E-state index in [1.54, 1.807) is 0 Å². The summed E-state index contributed by atoms with van der Waals surface area (Å²) in [5, 5.41) is 44.4. The van der Waals surface area contributed by atoms with E-state index in [0.717, 1.165) is 0 Å². The third-order valence-corrected chi connectivity index (χ3v) is 1.83. The van der Waals surface area contributed by atoms with Crippen LogP contribution in [-0.2, 0) is 9.53 Å². The van der Waals surface area contributed by atoms with Gasteiger partial charge in [-0.15, -0.1) is 0 Å². The predicted molar refractivity (Wildman–Crippen MR) is 36.5 cm³/mol. The molecule has 0 saturated carbocycles. The van der Waals surface area contributed by atoms with E-state index in [1.807, 2.05) is 0 Å². The summed E-state index contributed by atoms with van der Waals surface area (Å²) < 4.78 is 4.34. The average Bonchev–Trinajstić information content (AvgIpc) is 2.07. The minimum Gasteiger partial charge on any atom is -0.479 e. The second-order valence-electron chi connectivity index (χ2n) is 2.76. The molecule has 0 bridgehead atoms. The maximum atomic E-state index is 10.4. The van der Waals surface area contributed by atoms with E-state index in [1.165, 1.54) is 0 Å². The molecule has 13 heavy (non-hydrogen) atoms. The zero-order valence-corrected chi connectivity index (χ0v) is 6.44. The van der Waals surface area contributed by atoms with Crippen molar-refractivity contribution in [3.8, 4) is 0 Å². The SMILES string of the molecule is O=C(O)C1O[C@@H](O)[C@@H](O)C(O)[C@H]1O. The Kier molecular flexibility index (Phi) is 2.84. The number of rotatable bonds is 1. The molecule has 7 heteroatoms. The Labute approximate surface area is 72.8 Å². The molecule has 0 amide bonds. The van der Waals surface area contributed by atoms with E-state index in [9.17, 15) is 4.79 Å². The molecule has 7 nitrogen and oxygen atoms in total. The van der Waals surface area contributed by atoms with E-state index in [2.05, 4.69) is 4.74 Å². The summed E-state index contributed by atoms with van der Waals surface area (Å²) in [5.74, 6) is -1.52. The topological polar surface area (TPSA) is 127 Å². The molecule has 0 spiro atoms. The van der Waals surface area contributed by atoms with Gasteiger partial charge in [-0.3, -0.25) is 0 Å². The number of aliphatic hydroxyl groups excluding tert-OH is 4. The fourth-order valence-electron chi connectivity index (χ4n) is 1.07. The van der Waals surface area contributed by atoms with E-state index in [0.29, 0.717) is 0 Å². The van der Waals surface area contributed by atoms with Crippen molar-refractivity contribution < 1.29 is 35.1 Å². The van der Waals surface area contributed by atoms with Gasteiger partial charge < -0.3 is 30.3 Å². The standard InChI is InChI=1S/C6H10O7/c7-1-2(8)4(5(10)11)13-6(12)3(1)9/h1-4,6-9,12H,(H,10,11)/t1?,2-,3+,4?,6-/m1/s1. The number of carboxylic acids is 1. The highest BCUT2D eigenvalue weighted by Gasteiger charge is 2.46. The quantitative estimate of drug-likeness (QED) is 0.298. The Balaban J connectivity index is 2.76. The van der Waals surface area contributed by atoms with Gasteiger partial charge in [0.1, 0.15) is 18.3 Å². The summed E-state index contributed by atoms with van der Waals surface area (Å²) in [6, 6.07) is 0. The van der Waals surface area contributed by atoms with Crippen molar-refractivity contribution in [3.05, 3.63) is 0 Å². The first kappa shape index (κ1) is 10.4. The number of aliphatic carboxylic acids is 1. The maximum Gasteiger partial charge on any atom is 0.335 e. The number of hydrogen-bond donors (Lipinski definition) is 5. The molecular formula is C6H10O7. The van der Waals surface area contributed by atoms with Gasteiger partial charge in [0.05, 0.1) is 0 Å². The number of hydrogen-bond acceptors (Lipinski definition) is 6. The Bertz CT molecular complexity index is 205. The Morgan fingerprint density at radius 3 is 2.00 bits per heavy atom. The van der Waals surface area contributed by atoms with Crippen LogP contribution in [0.5, 0.6) is 0 Å². The summed E-state index contributed by atoms with van der Waals surface area (Å²) in [6.45, 7) is 0. The monoisotopic (exact) mass is 194 g/mol. The fourth-order valence-corrected chi connectivity index (χ4v) is 1.07. The van der Waals surface area contributed by atoms with Gasteiger partial charge in [0.25, 0.3) is 0 Å². The van der Waals surface area contributed by atoms with Crippen LogP contribution < -0.4 is 0 Å². The smallest absolute Gasteiger partial charge is 0.335 e. The van der Waals surface area contributed by atoms with Gasteiger partial charge in [0, 0.05) is 0 Å². The number of ether oxygens (including phenoxy) is 1. The molecule has 1 aliphatic rings. The van der Waals surface area contributed by atoms with Crippen molar-refractivity contribution in [2.45, 2.75) is 30.7 Å². The lowest BCUT2D eigenvalue weighted by atomic mass is 9.99. The molecule has 0 aromatic carbocycles. The molecule has 1 saturated heterocycles. The van der Waals surface area contributed by atoms with Crippen LogP contribution in [-0.4, -0.2) is 62.2 Å². The highest BCUT2D eigenvalue weighted by Crippen LogP contribution is 2.19. The Morgan fingerprint density at radius 2 is 1.54 bits per heavy atom. The van der Waals surface area contributed by atoms with Gasteiger partial charge in [0.15, 0.2) is 12.4 Å². The molecule has 0 aliphatic carbocycles. The first-order valence-corrected chi connectivity index (χ1v) is 3.55. The van der Waals surface area contributed by atoms with Gasteiger partial charge in [-0.1, -0.05) is 0 Å². The molecule has 0 radical (unpaired) electrons. The van der Waals surface area contributed by atoms with Crippen molar-refractivity contribution in [1.82, 2.24) is 0 Å². The summed E-state index contributed by atoms with van der Waals surface area (Å²) in [7, 11) is 0. The largest absolute Gasteiger partial charge is 0.479 e. The molecule has 2 unspecified atom stereocenters. The van der Waals surface area contributed by atoms with Gasteiger partial charge >= 0.3 is 5.97 Å². The fraction of sp³-hybridized carbons (Fsp3) is 0.833. The molecule has 1 aliphatic heterocycles. The Hall–Kier alpha value is -0.730. The molecular weight excluding hydrogens is 184 g/mol. The highest BCUT2D eigenvalue weighted by atomic mass is 16.6. The van der Waals surface area contributed by atoms with Crippen LogP contribution in [0.4, 0.5) is 0 Å². The molecule has 1 rings (SSSR count). The number of carbonyl (C=O) groups is 1. The third-order valence-electron chi connectivity index (χ3n) is 1.83. The lowest BCUT2D eigenvalue weighted by Gasteiger charge is -2.36. The lowest BCUT2D eigenvalue weighted by molar-refractivity contribution is -0.279. The predicted octanol–water partition coefficient (Wildman–Crippen LogP) is -3.13. The van der Waals surface area contributed by atoms with Crippen LogP contribution in [0.3, 0.4) is 0 Å². The second kappa shape index (κ2) is 3.56. The second-order valence-corrected chi connectivity index (χ2v) is 2.76. The van der Waals surface area contributed by atoms with Crippen molar-refractivity contribution in [1.29, 1.82) is 0 Å². The molecule has 5 N–H and O–H groups in total. The van der Waals surface area contributed by atoms with Gasteiger partial charge in [-0.2, -0.15) is 0 Å². The van der Waals surface area contributed by atoms with Crippen LogP contribution in [0.25, 0.3) is 0 Å². The summed E-state index contributed by atoms with van der Waals surface area (Å²) >= 11 is 0. The van der Waals surface area contributed by atoms with E-state index < -0.39 is 36.7 Å². The molecule has 5 atom stereocenters.